The van der Waals surface area contributed by atoms with Gasteiger partial charge in [-0.1, -0.05) is 37.5 Å². The van der Waals surface area contributed by atoms with Crippen LogP contribution in [0.25, 0.3) is 0 Å². The highest BCUT2D eigenvalue weighted by atomic mass is 19.1. The minimum Gasteiger partial charge on any atom is -0.370 e. The first kappa shape index (κ1) is 21.9. The van der Waals surface area contributed by atoms with Gasteiger partial charge in [-0.25, -0.2) is 8.78 Å². The number of hydrogen-bond donors (Lipinski definition) is 0. The van der Waals surface area contributed by atoms with Crippen molar-refractivity contribution in [1.29, 1.82) is 0 Å². The van der Waals surface area contributed by atoms with E-state index in [1.165, 1.54) is 75.7 Å². The predicted molar refractivity (Wildman–Crippen MR) is 127 cm³/mol. The van der Waals surface area contributed by atoms with Crippen LogP contribution in [0.1, 0.15) is 74.8 Å². The molecule has 0 N–H and O–H groups in total. The second-order valence-electron chi connectivity index (χ2n) is 10.3. The lowest BCUT2D eigenvalue weighted by molar-refractivity contribution is 0.0692. The quantitative estimate of drug-likeness (QED) is 0.521. The van der Waals surface area contributed by atoms with Crippen LogP contribution in [0.5, 0.6) is 0 Å². The molecule has 0 aromatic heterocycles. The van der Waals surface area contributed by atoms with Crippen LogP contribution in [0.3, 0.4) is 0 Å². The Hall–Kier alpha value is -1.94. The number of halogens is 2. The van der Waals surface area contributed by atoms with E-state index in [0.717, 1.165) is 43.7 Å². The standard InChI is InChI=1S/C28H36F2N2/c29-23-8-6-22(7-9-23)25-5-4-16-32(27-21-24(30)10-11-26(25)27)20-19-31-17-14-28(15-18-31)12-2-1-3-13-28/h6-11,21,25H,1-5,12-20H2. The molecule has 32 heavy (non-hydrogen) atoms. The molecule has 172 valence electrons. The number of piperidine rings is 1. The second kappa shape index (κ2) is 9.51. The summed E-state index contributed by atoms with van der Waals surface area (Å²) in [4.78, 5) is 5.02. The van der Waals surface area contributed by atoms with Crippen molar-refractivity contribution in [3.63, 3.8) is 0 Å². The van der Waals surface area contributed by atoms with Crippen molar-refractivity contribution in [2.45, 2.75) is 63.7 Å². The largest absolute Gasteiger partial charge is 0.370 e. The van der Waals surface area contributed by atoms with Crippen LogP contribution >= 0.6 is 0 Å². The van der Waals surface area contributed by atoms with E-state index >= 15 is 0 Å². The normalized spacial score (nSPS) is 23.7. The molecule has 1 saturated carbocycles. The van der Waals surface area contributed by atoms with E-state index in [2.05, 4.69) is 9.80 Å². The highest BCUT2D eigenvalue weighted by Gasteiger charge is 2.35. The Kier molecular flexibility index (Phi) is 6.50. The molecule has 2 nitrogen and oxygen atoms in total. The van der Waals surface area contributed by atoms with Crippen molar-refractivity contribution in [3.8, 4) is 0 Å². The van der Waals surface area contributed by atoms with Crippen LogP contribution in [0.15, 0.2) is 42.5 Å². The van der Waals surface area contributed by atoms with Gasteiger partial charge in [0.2, 0.25) is 0 Å². The minimum atomic E-state index is -0.208. The number of fused-ring (bicyclic) bond motifs is 1. The summed E-state index contributed by atoms with van der Waals surface area (Å²) >= 11 is 0. The number of rotatable bonds is 4. The zero-order valence-electron chi connectivity index (χ0n) is 19.2. The molecule has 2 fully saturated rings. The summed E-state index contributed by atoms with van der Waals surface area (Å²) in [6.07, 6.45) is 11.9. The zero-order chi connectivity index (χ0) is 22.0. The van der Waals surface area contributed by atoms with Crippen molar-refractivity contribution in [2.24, 2.45) is 5.41 Å². The van der Waals surface area contributed by atoms with Crippen molar-refractivity contribution < 1.29 is 8.78 Å². The van der Waals surface area contributed by atoms with Crippen LogP contribution in [0.2, 0.25) is 0 Å². The van der Waals surface area contributed by atoms with Crippen molar-refractivity contribution in [2.75, 3.05) is 37.6 Å². The molecule has 0 amide bonds. The Labute approximate surface area is 191 Å². The van der Waals surface area contributed by atoms with Gasteiger partial charge < -0.3 is 9.80 Å². The topological polar surface area (TPSA) is 6.48 Å². The lowest BCUT2D eigenvalue weighted by Gasteiger charge is -2.44. The summed E-state index contributed by atoms with van der Waals surface area (Å²) in [5.41, 5.74) is 3.96. The molecule has 2 aromatic carbocycles. The van der Waals surface area contributed by atoms with Crippen molar-refractivity contribution >= 4 is 5.69 Å². The number of nitrogens with zero attached hydrogens (tertiary/aromatic N) is 2. The van der Waals surface area contributed by atoms with Gasteiger partial charge in [-0.3, -0.25) is 0 Å². The second-order valence-corrected chi connectivity index (χ2v) is 10.3. The molecule has 1 atom stereocenters. The van der Waals surface area contributed by atoms with Gasteiger partial charge >= 0.3 is 0 Å². The van der Waals surface area contributed by atoms with Crippen LogP contribution in [-0.4, -0.2) is 37.6 Å². The minimum absolute atomic E-state index is 0.175. The van der Waals surface area contributed by atoms with Gasteiger partial charge in [0.1, 0.15) is 11.6 Å². The summed E-state index contributed by atoms with van der Waals surface area (Å²) in [5, 5.41) is 0. The Morgan fingerprint density at radius 1 is 0.750 bits per heavy atom. The number of hydrogen-bond acceptors (Lipinski definition) is 2. The lowest BCUT2D eigenvalue weighted by atomic mass is 9.68. The highest BCUT2D eigenvalue weighted by Crippen LogP contribution is 2.44. The average Bonchev–Trinajstić information content (AvgIpc) is 2.99. The highest BCUT2D eigenvalue weighted by molar-refractivity contribution is 5.58. The summed E-state index contributed by atoms with van der Waals surface area (Å²) in [6, 6.07) is 12.1. The molecule has 0 radical (unpaired) electrons. The molecule has 0 bridgehead atoms. The van der Waals surface area contributed by atoms with Crippen molar-refractivity contribution in [1.82, 2.24) is 4.90 Å². The van der Waals surface area contributed by atoms with E-state index in [1.807, 2.05) is 18.2 Å². The molecule has 1 unspecified atom stereocenters. The van der Waals surface area contributed by atoms with E-state index in [9.17, 15) is 8.78 Å². The van der Waals surface area contributed by atoms with Crippen LogP contribution < -0.4 is 4.90 Å². The average molecular weight is 439 g/mol. The van der Waals surface area contributed by atoms with Gasteiger partial charge in [0.25, 0.3) is 0 Å². The molecule has 2 aromatic rings. The fourth-order valence-corrected chi connectivity index (χ4v) is 6.44. The Bertz CT molecular complexity index is 894. The van der Waals surface area contributed by atoms with Crippen LogP contribution in [-0.2, 0) is 0 Å². The summed E-state index contributed by atoms with van der Waals surface area (Å²) in [5.74, 6) is -0.192. The molecular formula is C28H36F2N2. The molecule has 4 heteroatoms. The third kappa shape index (κ3) is 4.71. The number of benzene rings is 2. The van der Waals surface area contributed by atoms with E-state index in [4.69, 9.17) is 0 Å². The molecule has 1 spiro atoms. The van der Waals surface area contributed by atoms with Crippen molar-refractivity contribution in [3.05, 3.63) is 65.2 Å². The predicted octanol–water partition coefficient (Wildman–Crippen LogP) is 6.74. The van der Waals surface area contributed by atoms with Gasteiger partial charge in [-0.2, -0.15) is 0 Å². The zero-order valence-corrected chi connectivity index (χ0v) is 19.2. The fourth-order valence-electron chi connectivity index (χ4n) is 6.44. The molecular weight excluding hydrogens is 402 g/mol. The molecule has 5 rings (SSSR count). The maximum atomic E-state index is 14.3. The maximum Gasteiger partial charge on any atom is 0.125 e. The van der Waals surface area contributed by atoms with Gasteiger partial charge in [0.05, 0.1) is 0 Å². The monoisotopic (exact) mass is 438 g/mol. The molecule has 1 aliphatic carbocycles. The van der Waals surface area contributed by atoms with Crippen LogP contribution in [0.4, 0.5) is 14.5 Å². The van der Waals surface area contributed by atoms with Gasteiger partial charge in [-0.05, 0) is 92.4 Å². The molecule has 2 heterocycles. The van der Waals surface area contributed by atoms with E-state index in [1.54, 1.807) is 12.1 Å². The summed E-state index contributed by atoms with van der Waals surface area (Å²) < 4.78 is 27.8. The molecule has 1 saturated heterocycles. The molecule has 2 aliphatic heterocycles. The Balaban J connectivity index is 1.28. The van der Waals surface area contributed by atoms with E-state index in [0.29, 0.717) is 5.41 Å². The number of anilines is 1. The SMILES string of the molecule is Fc1ccc(C2CCCN(CCN3CCC4(CCCCC4)CC3)c3cc(F)ccc32)cc1. The van der Waals surface area contributed by atoms with Crippen LogP contribution in [0, 0.1) is 17.0 Å². The Morgan fingerprint density at radius 2 is 1.47 bits per heavy atom. The first-order chi connectivity index (χ1) is 15.6. The third-order valence-electron chi connectivity index (χ3n) is 8.42. The third-order valence-corrected chi connectivity index (χ3v) is 8.42. The first-order valence-electron chi connectivity index (χ1n) is 12.6. The fraction of sp³-hybridized carbons (Fsp3) is 0.571. The van der Waals surface area contributed by atoms with E-state index < -0.39 is 0 Å². The Morgan fingerprint density at radius 3 is 2.22 bits per heavy atom. The van der Waals surface area contributed by atoms with E-state index in [-0.39, 0.29) is 17.6 Å². The maximum absolute atomic E-state index is 14.3. The van der Waals surface area contributed by atoms with Gasteiger partial charge in [-0.15, -0.1) is 0 Å². The summed E-state index contributed by atoms with van der Waals surface area (Å²) in [6.45, 7) is 5.36. The first-order valence-corrected chi connectivity index (χ1v) is 12.6. The lowest BCUT2D eigenvalue weighted by Crippen LogP contribution is -2.44. The smallest absolute Gasteiger partial charge is 0.125 e. The van der Waals surface area contributed by atoms with Gasteiger partial charge in [0, 0.05) is 31.2 Å². The molecule has 3 aliphatic rings. The summed E-state index contributed by atoms with van der Waals surface area (Å²) in [7, 11) is 0. The number of likely N-dealkylation sites (tertiary alicyclic amines) is 1. The van der Waals surface area contributed by atoms with Gasteiger partial charge in [0.15, 0.2) is 0 Å².